The third-order valence-corrected chi connectivity index (χ3v) is 4.14. The molecule has 2 aromatic carbocycles. The van der Waals surface area contributed by atoms with Crippen molar-refractivity contribution in [3.05, 3.63) is 64.4 Å². The van der Waals surface area contributed by atoms with E-state index in [1.165, 1.54) is 23.9 Å². The van der Waals surface area contributed by atoms with Crippen molar-refractivity contribution in [1.82, 2.24) is 0 Å². The average Bonchev–Trinajstić information content (AvgIpc) is 2.45. The summed E-state index contributed by atoms with van der Waals surface area (Å²) in [5, 5.41) is 3.42. The molecule has 1 N–H and O–H groups in total. The van der Waals surface area contributed by atoms with Gasteiger partial charge in [0.05, 0.1) is 5.75 Å². The number of hydrogen-bond donors (Lipinski definition) is 1. The van der Waals surface area contributed by atoms with Gasteiger partial charge in [-0.15, -0.1) is 11.8 Å². The summed E-state index contributed by atoms with van der Waals surface area (Å²) in [7, 11) is 0. The van der Waals surface area contributed by atoms with Gasteiger partial charge < -0.3 is 5.32 Å². The van der Waals surface area contributed by atoms with E-state index in [1.54, 1.807) is 6.07 Å². The van der Waals surface area contributed by atoms with Crippen LogP contribution in [-0.4, -0.2) is 11.7 Å². The van der Waals surface area contributed by atoms with E-state index in [2.05, 4.69) is 5.32 Å². The maximum absolute atomic E-state index is 13.1. The van der Waals surface area contributed by atoms with Crippen molar-refractivity contribution in [2.24, 2.45) is 0 Å². The Hall–Kier alpha value is -1.52. The van der Waals surface area contributed by atoms with Crippen molar-refractivity contribution in [3.8, 4) is 0 Å². The number of hydrogen-bond acceptors (Lipinski definition) is 2. The van der Waals surface area contributed by atoms with Crippen molar-refractivity contribution in [2.45, 2.75) is 12.7 Å². The summed E-state index contributed by atoms with van der Waals surface area (Å²) < 4.78 is 13.1. The third kappa shape index (κ3) is 5.06. The Balaban J connectivity index is 1.82. The van der Waals surface area contributed by atoms with E-state index >= 15 is 0 Å². The predicted octanol–water partition coefficient (Wildman–Crippen LogP) is 4.66. The number of thioether (sulfide) groups is 1. The molecule has 0 spiro atoms. The smallest absolute Gasteiger partial charge is 0.234 e. The predicted molar refractivity (Wildman–Crippen MR) is 87.4 cm³/mol. The Morgan fingerprint density at radius 1 is 1.24 bits per heavy atom. The van der Waals surface area contributed by atoms with E-state index in [0.29, 0.717) is 16.5 Å². The van der Waals surface area contributed by atoms with E-state index in [9.17, 15) is 9.18 Å². The van der Waals surface area contributed by atoms with Gasteiger partial charge in [0.15, 0.2) is 0 Å². The lowest BCUT2D eigenvalue weighted by atomic mass is 10.2. The quantitative estimate of drug-likeness (QED) is 0.867. The van der Waals surface area contributed by atoms with Crippen molar-refractivity contribution in [1.29, 1.82) is 0 Å². The second kappa shape index (κ2) is 7.48. The Morgan fingerprint density at radius 3 is 2.67 bits per heavy atom. The lowest BCUT2D eigenvalue weighted by Crippen LogP contribution is -2.15. The van der Waals surface area contributed by atoms with Gasteiger partial charge in [-0.1, -0.05) is 29.8 Å². The summed E-state index contributed by atoms with van der Waals surface area (Å²) >= 11 is 7.31. The molecule has 0 aliphatic carbocycles. The van der Waals surface area contributed by atoms with Gasteiger partial charge in [-0.05, 0) is 42.3 Å². The first kappa shape index (κ1) is 15.9. The van der Waals surface area contributed by atoms with Crippen LogP contribution in [0.2, 0.25) is 5.02 Å². The molecular weight excluding hydrogens is 309 g/mol. The third-order valence-electron chi connectivity index (χ3n) is 2.89. The molecule has 0 bridgehead atoms. The van der Waals surface area contributed by atoms with Crippen LogP contribution >= 0.6 is 23.4 Å². The Labute approximate surface area is 132 Å². The second-order valence-electron chi connectivity index (χ2n) is 4.63. The number of rotatable bonds is 5. The fraction of sp³-hybridized carbons (Fsp3) is 0.188. The summed E-state index contributed by atoms with van der Waals surface area (Å²) in [5.74, 6) is 0.554. The maximum atomic E-state index is 13.1. The first-order valence-electron chi connectivity index (χ1n) is 6.43. The molecule has 110 valence electrons. The lowest BCUT2D eigenvalue weighted by molar-refractivity contribution is -0.113. The molecule has 0 aromatic heterocycles. The fourth-order valence-electron chi connectivity index (χ4n) is 1.76. The van der Waals surface area contributed by atoms with Gasteiger partial charge in [-0.3, -0.25) is 4.79 Å². The number of anilines is 1. The molecule has 0 heterocycles. The highest BCUT2D eigenvalue weighted by atomic mass is 35.5. The van der Waals surface area contributed by atoms with Gasteiger partial charge in [0.1, 0.15) is 5.82 Å². The van der Waals surface area contributed by atoms with Crippen LogP contribution in [0.4, 0.5) is 10.1 Å². The van der Waals surface area contributed by atoms with Crippen molar-refractivity contribution < 1.29 is 9.18 Å². The van der Waals surface area contributed by atoms with E-state index in [1.807, 2.05) is 31.2 Å². The van der Waals surface area contributed by atoms with Crippen LogP contribution < -0.4 is 5.32 Å². The van der Waals surface area contributed by atoms with Gasteiger partial charge in [0, 0.05) is 16.5 Å². The normalized spacial score (nSPS) is 10.4. The molecule has 2 rings (SSSR count). The highest BCUT2D eigenvalue weighted by Crippen LogP contribution is 2.18. The molecule has 21 heavy (non-hydrogen) atoms. The lowest BCUT2D eigenvalue weighted by Gasteiger charge is -2.08. The average molecular weight is 324 g/mol. The number of amides is 1. The number of halogens is 2. The standard InChI is InChI=1S/C16H15ClFNOS/c1-11-2-7-14(18)8-15(11)19-16(20)10-21-9-12-3-5-13(17)6-4-12/h2-8H,9-10H2,1H3,(H,19,20). The molecule has 5 heteroatoms. The Morgan fingerprint density at radius 2 is 1.95 bits per heavy atom. The first-order chi connectivity index (χ1) is 10.0. The number of carbonyl (C=O) groups is 1. The van der Waals surface area contributed by atoms with Crippen molar-refractivity contribution >= 4 is 35.0 Å². The molecule has 0 aliphatic rings. The van der Waals surface area contributed by atoms with E-state index < -0.39 is 0 Å². The van der Waals surface area contributed by atoms with Gasteiger partial charge in [-0.2, -0.15) is 0 Å². The van der Waals surface area contributed by atoms with Crippen molar-refractivity contribution in [3.63, 3.8) is 0 Å². The highest BCUT2D eigenvalue weighted by molar-refractivity contribution is 7.99. The molecule has 2 nitrogen and oxygen atoms in total. The zero-order valence-corrected chi connectivity index (χ0v) is 13.1. The summed E-state index contributed by atoms with van der Waals surface area (Å²) in [5.41, 5.74) is 2.47. The molecule has 0 unspecified atom stereocenters. The fourth-order valence-corrected chi connectivity index (χ4v) is 2.67. The van der Waals surface area contributed by atoms with Gasteiger partial charge in [0.2, 0.25) is 5.91 Å². The zero-order valence-electron chi connectivity index (χ0n) is 11.5. The molecule has 0 radical (unpaired) electrons. The first-order valence-corrected chi connectivity index (χ1v) is 7.96. The Kier molecular flexibility index (Phi) is 5.65. The van der Waals surface area contributed by atoms with Gasteiger partial charge in [-0.25, -0.2) is 4.39 Å². The number of carbonyl (C=O) groups excluding carboxylic acids is 1. The highest BCUT2D eigenvalue weighted by Gasteiger charge is 2.06. The van der Waals surface area contributed by atoms with Gasteiger partial charge >= 0.3 is 0 Å². The molecule has 0 saturated heterocycles. The van der Waals surface area contributed by atoms with E-state index in [4.69, 9.17) is 11.6 Å². The molecule has 0 fully saturated rings. The SMILES string of the molecule is Cc1ccc(F)cc1NC(=O)CSCc1ccc(Cl)cc1. The van der Waals surface area contributed by atoms with Crippen LogP contribution in [0.15, 0.2) is 42.5 Å². The minimum absolute atomic E-state index is 0.136. The minimum Gasteiger partial charge on any atom is -0.325 e. The molecule has 1 amide bonds. The van der Waals surface area contributed by atoms with Crippen LogP contribution in [0.25, 0.3) is 0 Å². The molecule has 0 aliphatic heterocycles. The number of nitrogens with one attached hydrogen (secondary N) is 1. The largest absolute Gasteiger partial charge is 0.325 e. The summed E-state index contributed by atoms with van der Waals surface area (Å²) in [4.78, 5) is 11.8. The van der Waals surface area contributed by atoms with Crippen LogP contribution in [-0.2, 0) is 10.5 Å². The summed E-state index contributed by atoms with van der Waals surface area (Å²) in [6.07, 6.45) is 0. The summed E-state index contributed by atoms with van der Waals surface area (Å²) in [6, 6.07) is 11.9. The number of benzene rings is 2. The molecule has 0 atom stereocenters. The molecule has 2 aromatic rings. The van der Waals surface area contributed by atoms with Crippen LogP contribution in [0.1, 0.15) is 11.1 Å². The van der Waals surface area contributed by atoms with Crippen LogP contribution in [0.3, 0.4) is 0 Å². The van der Waals surface area contributed by atoms with Crippen molar-refractivity contribution in [2.75, 3.05) is 11.1 Å². The van der Waals surface area contributed by atoms with Crippen LogP contribution in [0, 0.1) is 12.7 Å². The Bertz CT molecular complexity index is 631. The topological polar surface area (TPSA) is 29.1 Å². The molecular formula is C16H15ClFNOS. The van der Waals surface area contributed by atoms with Gasteiger partial charge in [0.25, 0.3) is 0 Å². The molecule has 0 saturated carbocycles. The van der Waals surface area contributed by atoms with Crippen LogP contribution in [0.5, 0.6) is 0 Å². The monoisotopic (exact) mass is 323 g/mol. The minimum atomic E-state index is -0.357. The van der Waals surface area contributed by atoms with E-state index in [-0.39, 0.29) is 11.7 Å². The maximum Gasteiger partial charge on any atom is 0.234 e. The zero-order chi connectivity index (χ0) is 15.2. The summed E-state index contributed by atoms with van der Waals surface area (Å²) in [6.45, 7) is 1.83. The number of aryl methyl sites for hydroxylation is 1. The van der Waals surface area contributed by atoms with E-state index in [0.717, 1.165) is 16.9 Å². The second-order valence-corrected chi connectivity index (χ2v) is 6.05.